The number of aromatic nitrogens is 1. The van der Waals surface area contributed by atoms with Crippen LogP contribution in [0.1, 0.15) is 43.4 Å². The van der Waals surface area contributed by atoms with Gasteiger partial charge in [0.2, 0.25) is 23.5 Å². The molecular weight excluding hydrogens is 470 g/mol. The Bertz CT molecular complexity index is 1040. The van der Waals surface area contributed by atoms with Crippen molar-refractivity contribution in [2.75, 3.05) is 6.54 Å². The van der Waals surface area contributed by atoms with Gasteiger partial charge in [-0.1, -0.05) is 36.4 Å². The van der Waals surface area contributed by atoms with Crippen molar-refractivity contribution in [2.24, 2.45) is 5.92 Å². The second-order valence-corrected chi connectivity index (χ2v) is 8.96. The topological polar surface area (TPSA) is 117 Å². The largest absolute Gasteiger partial charge is 0.347 e. The van der Waals surface area contributed by atoms with Crippen molar-refractivity contribution in [1.82, 2.24) is 20.9 Å². The van der Waals surface area contributed by atoms with Gasteiger partial charge >= 0.3 is 0 Å². The molecule has 0 aliphatic heterocycles. The quantitative estimate of drug-likeness (QED) is 0.410. The molecule has 0 radical (unpaired) electrons. The molecule has 0 saturated heterocycles. The molecule has 36 heavy (non-hydrogen) atoms. The molecule has 1 saturated carbocycles. The average molecular weight is 501 g/mol. The van der Waals surface area contributed by atoms with Crippen LogP contribution in [0.3, 0.4) is 0 Å². The highest BCUT2D eigenvalue weighted by Gasteiger charge is 2.35. The Morgan fingerprint density at radius 3 is 2.31 bits per heavy atom. The Morgan fingerprint density at radius 1 is 0.944 bits per heavy atom. The molecule has 3 amide bonds. The molecule has 8 nitrogen and oxygen atoms in total. The average Bonchev–Trinajstić information content (AvgIpc) is 2.87. The van der Waals surface area contributed by atoms with Crippen molar-refractivity contribution in [1.29, 1.82) is 0 Å². The molecule has 3 N–H and O–H groups in total. The first-order valence-electron chi connectivity index (χ1n) is 11.9. The molecule has 1 aromatic carbocycles. The number of benzene rings is 1. The Kier molecular flexibility index (Phi) is 9.61. The van der Waals surface area contributed by atoms with Crippen LogP contribution in [0.5, 0.6) is 0 Å². The van der Waals surface area contributed by atoms with E-state index in [1.54, 1.807) is 54.7 Å². The molecule has 1 aromatic heterocycles. The number of hydrogen-bond acceptors (Lipinski definition) is 5. The first kappa shape index (κ1) is 26.9. The standard InChI is InChI=1S/C26H30F2N4O4/c27-26(28)11-9-19(10-12-26)15-22(33)30-17-23(34)32-21(14-18-6-2-1-3-7-18)24(35)25(36)31-16-20-8-4-5-13-29-20/h1-8,13,19,21H,9-12,14-17H2,(H,30,33)(H,31,36)(H,32,34)/t21-/m1/s1. The first-order valence-corrected chi connectivity index (χ1v) is 11.9. The zero-order valence-electron chi connectivity index (χ0n) is 19.8. The highest BCUT2D eigenvalue weighted by atomic mass is 19.3. The van der Waals surface area contributed by atoms with Crippen LogP contribution >= 0.6 is 0 Å². The lowest BCUT2D eigenvalue weighted by atomic mass is 9.84. The van der Waals surface area contributed by atoms with Crippen LogP contribution in [0.4, 0.5) is 8.78 Å². The van der Waals surface area contributed by atoms with Crippen LogP contribution in [0, 0.1) is 5.92 Å². The molecular formula is C26H30F2N4O4. The van der Waals surface area contributed by atoms with Gasteiger partial charge in [0.05, 0.1) is 18.8 Å². The van der Waals surface area contributed by atoms with Crippen LogP contribution in [-0.4, -0.2) is 47.0 Å². The van der Waals surface area contributed by atoms with Crippen molar-refractivity contribution in [3.05, 3.63) is 66.0 Å². The van der Waals surface area contributed by atoms with E-state index < -0.39 is 42.0 Å². The maximum absolute atomic E-state index is 13.3. The van der Waals surface area contributed by atoms with E-state index in [1.807, 2.05) is 0 Å². The van der Waals surface area contributed by atoms with Gasteiger partial charge in [0.15, 0.2) is 0 Å². The van der Waals surface area contributed by atoms with E-state index in [9.17, 15) is 28.0 Å². The van der Waals surface area contributed by atoms with E-state index in [2.05, 4.69) is 20.9 Å². The van der Waals surface area contributed by atoms with Gasteiger partial charge in [-0.05, 0) is 36.5 Å². The molecule has 0 unspecified atom stereocenters. The molecule has 1 fully saturated rings. The van der Waals surface area contributed by atoms with Gasteiger partial charge in [0, 0.05) is 31.9 Å². The third-order valence-corrected chi connectivity index (χ3v) is 6.07. The number of carbonyl (C=O) groups excluding carboxylic acids is 4. The smallest absolute Gasteiger partial charge is 0.289 e. The van der Waals surface area contributed by atoms with Crippen LogP contribution < -0.4 is 16.0 Å². The molecule has 0 spiro atoms. The van der Waals surface area contributed by atoms with Crippen LogP contribution in [0.15, 0.2) is 54.7 Å². The zero-order chi connectivity index (χ0) is 26.0. The van der Waals surface area contributed by atoms with Gasteiger partial charge in [-0.3, -0.25) is 24.2 Å². The third-order valence-electron chi connectivity index (χ3n) is 6.07. The lowest BCUT2D eigenvalue weighted by Gasteiger charge is -2.27. The minimum Gasteiger partial charge on any atom is -0.347 e. The number of ketones is 1. The summed E-state index contributed by atoms with van der Waals surface area (Å²) in [5.74, 6) is -5.55. The Morgan fingerprint density at radius 2 is 1.64 bits per heavy atom. The van der Waals surface area contributed by atoms with Gasteiger partial charge < -0.3 is 16.0 Å². The predicted octanol–water partition coefficient (Wildman–Crippen LogP) is 2.33. The normalized spacial score (nSPS) is 15.9. The summed E-state index contributed by atoms with van der Waals surface area (Å²) in [5.41, 5.74) is 1.32. The van der Waals surface area contributed by atoms with Crippen molar-refractivity contribution < 1.29 is 28.0 Å². The molecule has 10 heteroatoms. The van der Waals surface area contributed by atoms with Crippen LogP contribution in [0.2, 0.25) is 0 Å². The summed E-state index contributed by atoms with van der Waals surface area (Å²) in [5, 5.41) is 7.53. The number of halogens is 2. The SMILES string of the molecule is O=C(CC1CCC(F)(F)CC1)NCC(=O)N[C@H](Cc1ccccc1)C(=O)C(=O)NCc1ccccn1. The van der Waals surface area contributed by atoms with Crippen molar-refractivity contribution in [3.63, 3.8) is 0 Å². The zero-order valence-corrected chi connectivity index (χ0v) is 19.8. The van der Waals surface area contributed by atoms with E-state index in [4.69, 9.17) is 0 Å². The van der Waals surface area contributed by atoms with Gasteiger partial charge in [0.1, 0.15) is 6.04 Å². The fraction of sp³-hybridized carbons (Fsp3) is 0.423. The van der Waals surface area contributed by atoms with Gasteiger partial charge in [0.25, 0.3) is 5.91 Å². The predicted molar refractivity (Wildman–Crippen MR) is 128 cm³/mol. The second-order valence-electron chi connectivity index (χ2n) is 8.96. The van der Waals surface area contributed by atoms with Crippen LogP contribution in [0.25, 0.3) is 0 Å². The van der Waals surface area contributed by atoms with E-state index in [1.165, 1.54) is 0 Å². The summed E-state index contributed by atoms with van der Waals surface area (Å²) < 4.78 is 26.6. The number of rotatable bonds is 11. The van der Waals surface area contributed by atoms with Crippen molar-refractivity contribution >= 4 is 23.5 Å². The van der Waals surface area contributed by atoms with E-state index in [0.717, 1.165) is 5.56 Å². The minimum atomic E-state index is -2.67. The first-order chi connectivity index (χ1) is 17.2. The fourth-order valence-corrected chi connectivity index (χ4v) is 4.04. The molecule has 1 atom stereocenters. The Hall–Kier alpha value is -3.69. The number of carbonyl (C=O) groups is 4. The lowest BCUT2D eigenvalue weighted by molar-refractivity contribution is -0.140. The van der Waals surface area contributed by atoms with Crippen molar-refractivity contribution in [2.45, 2.75) is 57.0 Å². The van der Waals surface area contributed by atoms with Gasteiger partial charge in [-0.2, -0.15) is 0 Å². The summed E-state index contributed by atoms with van der Waals surface area (Å²) in [6.07, 6.45) is 1.76. The van der Waals surface area contributed by atoms with E-state index >= 15 is 0 Å². The van der Waals surface area contributed by atoms with Crippen LogP contribution in [-0.2, 0) is 32.1 Å². The van der Waals surface area contributed by atoms with Crippen molar-refractivity contribution in [3.8, 4) is 0 Å². The Balaban J connectivity index is 1.52. The Labute approximate surface area is 208 Å². The summed E-state index contributed by atoms with van der Waals surface area (Å²) in [6.45, 7) is -0.337. The third kappa shape index (κ3) is 8.83. The molecule has 192 valence electrons. The van der Waals surface area contributed by atoms with E-state index in [-0.39, 0.29) is 51.0 Å². The molecule has 1 aliphatic carbocycles. The number of nitrogens with zero attached hydrogens (tertiary/aromatic N) is 1. The summed E-state index contributed by atoms with van der Waals surface area (Å²) in [7, 11) is 0. The molecule has 2 aromatic rings. The fourth-order valence-electron chi connectivity index (χ4n) is 4.04. The number of Topliss-reactive ketones (excluding diaryl/α,β-unsaturated/α-hetero) is 1. The number of hydrogen-bond donors (Lipinski definition) is 3. The number of pyridine rings is 1. The highest BCUT2D eigenvalue weighted by molar-refractivity contribution is 6.38. The molecule has 0 bridgehead atoms. The van der Waals surface area contributed by atoms with E-state index in [0.29, 0.717) is 5.69 Å². The maximum atomic E-state index is 13.3. The molecule has 3 rings (SSSR count). The van der Waals surface area contributed by atoms with Gasteiger partial charge in [-0.15, -0.1) is 0 Å². The summed E-state index contributed by atoms with van der Waals surface area (Å²) >= 11 is 0. The second kappa shape index (κ2) is 12.9. The lowest BCUT2D eigenvalue weighted by Crippen LogP contribution is -2.51. The summed E-state index contributed by atoms with van der Waals surface area (Å²) in [6, 6.07) is 13.0. The highest BCUT2D eigenvalue weighted by Crippen LogP contribution is 2.37. The number of amides is 3. The molecule has 1 aliphatic rings. The maximum Gasteiger partial charge on any atom is 0.289 e. The minimum absolute atomic E-state index is 0.0561. The number of nitrogens with one attached hydrogen (secondary N) is 3. The monoisotopic (exact) mass is 500 g/mol. The van der Waals surface area contributed by atoms with Gasteiger partial charge in [-0.25, -0.2) is 8.78 Å². The molecule has 1 heterocycles. The summed E-state index contributed by atoms with van der Waals surface area (Å²) in [4.78, 5) is 54.2. The number of alkyl halides is 2.